The van der Waals surface area contributed by atoms with Crippen LogP contribution in [0.5, 0.6) is 0 Å². The maximum absolute atomic E-state index is 11.8. The summed E-state index contributed by atoms with van der Waals surface area (Å²) in [6.07, 6.45) is 2.82. The van der Waals surface area contributed by atoms with E-state index in [-0.39, 0.29) is 12.3 Å². The molecule has 0 unspecified atom stereocenters. The van der Waals surface area contributed by atoms with Gasteiger partial charge in [0.05, 0.1) is 16.4 Å². The highest BCUT2D eigenvalue weighted by molar-refractivity contribution is 6.33. The van der Waals surface area contributed by atoms with Gasteiger partial charge in [-0.2, -0.15) is 0 Å². The zero-order valence-corrected chi connectivity index (χ0v) is 10.9. The van der Waals surface area contributed by atoms with Crippen molar-refractivity contribution >= 4 is 29.5 Å². The molecule has 0 aliphatic rings. The molecule has 0 saturated heterocycles. The van der Waals surface area contributed by atoms with Gasteiger partial charge < -0.3 is 9.88 Å². The van der Waals surface area contributed by atoms with Crippen LogP contribution in [0.25, 0.3) is 0 Å². The number of carbonyl (C=O) groups excluding carboxylic acids is 2. The van der Waals surface area contributed by atoms with Gasteiger partial charge in [-0.25, -0.2) is 0 Å². The van der Waals surface area contributed by atoms with Crippen LogP contribution in [0.3, 0.4) is 0 Å². The minimum atomic E-state index is -0.140. The van der Waals surface area contributed by atoms with Gasteiger partial charge >= 0.3 is 0 Å². The summed E-state index contributed by atoms with van der Waals surface area (Å²) in [7, 11) is 0. The molecule has 0 aliphatic carbocycles. The third-order valence-corrected chi connectivity index (χ3v) is 3.04. The van der Waals surface area contributed by atoms with E-state index in [4.69, 9.17) is 11.6 Å². The third-order valence-electron chi connectivity index (χ3n) is 2.71. The summed E-state index contributed by atoms with van der Waals surface area (Å²) in [4.78, 5) is 22.5. The summed E-state index contributed by atoms with van der Waals surface area (Å²) in [6, 6.07) is 10.5. The van der Waals surface area contributed by atoms with Crippen LogP contribution in [0.4, 0.5) is 5.69 Å². The first-order chi connectivity index (χ1) is 9.20. The summed E-state index contributed by atoms with van der Waals surface area (Å²) in [5, 5.41) is 3.24. The summed E-state index contributed by atoms with van der Waals surface area (Å²) in [5.41, 5.74) is 1.16. The first-order valence-electron chi connectivity index (χ1n) is 5.85. The molecule has 19 heavy (non-hydrogen) atoms. The Morgan fingerprint density at radius 1 is 1.26 bits per heavy atom. The molecule has 0 saturated carbocycles. The average Bonchev–Trinajstić information content (AvgIpc) is 2.86. The highest BCUT2D eigenvalue weighted by Crippen LogP contribution is 2.20. The van der Waals surface area contributed by atoms with Gasteiger partial charge in [-0.1, -0.05) is 23.7 Å². The van der Waals surface area contributed by atoms with Gasteiger partial charge in [0.2, 0.25) is 5.91 Å². The van der Waals surface area contributed by atoms with Crippen LogP contribution in [0.2, 0.25) is 5.02 Å². The molecule has 0 atom stereocenters. The number of benzene rings is 1. The van der Waals surface area contributed by atoms with Crippen molar-refractivity contribution in [3.63, 3.8) is 0 Å². The molecule has 1 amide bonds. The fraction of sp³-hybridized carbons (Fsp3) is 0.143. The molecule has 0 bridgehead atoms. The van der Waals surface area contributed by atoms with E-state index in [0.717, 1.165) is 6.29 Å². The number of halogens is 1. The topological polar surface area (TPSA) is 51.1 Å². The minimum absolute atomic E-state index is 0.140. The second kappa shape index (κ2) is 6.20. The number of aldehydes is 1. The van der Waals surface area contributed by atoms with Crippen LogP contribution < -0.4 is 5.32 Å². The molecule has 0 fully saturated rings. The van der Waals surface area contributed by atoms with Gasteiger partial charge in [0.1, 0.15) is 0 Å². The van der Waals surface area contributed by atoms with E-state index in [1.807, 2.05) is 0 Å². The van der Waals surface area contributed by atoms with Crippen molar-refractivity contribution in [2.45, 2.75) is 13.0 Å². The molecule has 1 aromatic heterocycles. The largest absolute Gasteiger partial charge is 0.345 e. The lowest BCUT2D eigenvalue weighted by molar-refractivity contribution is -0.116. The Kier molecular flexibility index (Phi) is 4.36. The lowest BCUT2D eigenvalue weighted by Crippen LogP contribution is -2.15. The van der Waals surface area contributed by atoms with E-state index in [9.17, 15) is 9.59 Å². The molecule has 5 heteroatoms. The lowest BCUT2D eigenvalue weighted by Gasteiger charge is -2.08. The maximum Gasteiger partial charge on any atom is 0.226 e. The van der Waals surface area contributed by atoms with Crippen molar-refractivity contribution in [1.29, 1.82) is 0 Å². The third kappa shape index (κ3) is 3.45. The number of aryl methyl sites for hydroxylation is 1. The van der Waals surface area contributed by atoms with Gasteiger partial charge in [-0.05, 0) is 24.3 Å². The van der Waals surface area contributed by atoms with Crippen LogP contribution in [0, 0.1) is 0 Å². The van der Waals surface area contributed by atoms with Crippen LogP contribution in [-0.2, 0) is 11.3 Å². The van der Waals surface area contributed by atoms with Crippen LogP contribution in [-0.4, -0.2) is 16.8 Å². The van der Waals surface area contributed by atoms with Crippen LogP contribution in [0.15, 0.2) is 42.6 Å². The van der Waals surface area contributed by atoms with Gasteiger partial charge in [0.15, 0.2) is 6.29 Å². The van der Waals surface area contributed by atoms with Crippen molar-refractivity contribution in [1.82, 2.24) is 4.57 Å². The molecule has 0 spiro atoms. The number of hydrogen-bond donors (Lipinski definition) is 1. The van der Waals surface area contributed by atoms with Crippen molar-refractivity contribution in [2.24, 2.45) is 0 Å². The Hall–Kier alpha value is -2.07. The summed E-state index contributed by atoms with van der Waals surface area (Å²) in [6.45, 7) is 0.456. The van der Waals surface area contributed by atoms with Gasteiger partial charge in [0, 0.05) is 19.2 Å². The molecule has 2 aromatic rings. The Bertz CT molecular complexity index is 593. The van der Waals surface area contributed by atoms with Crippen molar-refractivity contribution in [3.8, 4) is 0 Å². The maximum atomic E-state index is 11.8. The normalized spacial score (nSPS) is 10.2. The predicted molar refractivity (Wildman–Crippen MR) is 74.5 cm³/mol. The fourth-order valence-corrected chi connectivity index (χ4v) is 1.92. The number of nitrogens with zero attached hydrogens (tertiary/aromatic N) is 1. The number of amides is 1. The smallest absolute Gasteiger partial charge is 0.226 e. The molecule has 1 heterocycles. The molecular formula is C14H13ClN2O2. The molecule has 2 rings (SSSR count). The van der Waals surface area contributed by atoms with Crippen molar-refractivity contribution < 1.29 is 9.59 Å². The van der Waals surface area contributed by atoms with Gasteiger partial charge in [-0.3, -0.25) is 9.59 Å². The molecule has 0 radical (unpaired) electrons. The number of anilines is 1. The number of carbonyl (C=O) groups is 2. The summed E-state index contributed by atoms with van der Waals surface area (Å²) >= 11 is 5.95. The number of nitrogens with one attached hydrogen (secondary N) is 1. The lowest BCUT2D eigenvalue weighted by atomic mass is 10.3. The highest BCUT2D eigenvalue weighted by atomic mass is 35.5. The monoisotopic (exact) mass is 276 g/mol. The van der Waals surface area contributed by atoms with Crippen LogP contribution in [0.1, 0.15) is 16.9 Å². The molecule has 0 aliphatic heterocycles. The number of para-hydroxylation sites is 1. The summed E-state index contributed by atoms with van der Waals surface area (Å²) in [5.74, 6) is -0.140. The van der Waals surface area contributed by atoms with E-state index in [1.54, 1.807) is 47.2 Å². The van der Waals surface area contributed by atoms with E-state index >= 15 is 0 Å². The minimum Gasteiger partial charge on any atom is -0.345 e. The Morgan fingerprint density at radius 2 is 2.05 bits per heavy atom. The highest BCUT2D eigenvalue weighted by Gasteiger charge is 2.06. The SMILES string of the molecule is O=Cc1cccn1CCC(=O)Nc1ccccc1Cl. The first-order valence-corrected chi connectivity index (χ1v) is 6.23. The fourth-order valence-electron chi connectivity index (χ4n) is 1.74. The average molecular weight is 277 g/mol. The zero-order valence-electron chi connectivity index (χ0n) is 10.2. The number of hydrogen-bond acceptors (Lipinski definition) is 2. The van der Waals surface area contributed by atoms with Crippen molar-refractivity contribution in [3.05, 3.63) is 53.3 Å². The first kappa shape index (κ1) is 13.4. The Balaban J connectivity index is 1.92. The molecule has 1 N–H and O–H groups in total. The second-order valence-electron chi connectivity index (χ2n) is 4.02. The Labute approximate surface area is 116 Å². The quantitative estimate of drug-likeness (QED) is 0.854. The predicted octanol–water partition coefficient (Wildman–Crippen LogP) is 2.98. The number of rotatable bonds is 5. The van der Waals surface area contributed by atoms with Crippen molar-refractivity contribution in [2.75, 3.05) is 5.32 Å². The van der Waals surface area contributed by atoms with E-state index in [2.05, 4.69) is 5.32 Å². The van der Waals surface area contributed by atoms with Gasteiger partial charge in [-0.15, -0.1) is 0 Å². The Morgan fingerprint density at radius 3 is 2.79 bits per heavy atom. The van der Waals surface area contributed by atoms with Crippen LogP contribution >= 0.6 is 11.6 Å². The standard InChI is InChI=1S/C14H13ClN2O2/c15-12-5-1-2-6-13(12)16-14(19)7-9-17-8-3-4-11(17)10-18/h1-6,8,10H,7,9H2,(H,16,19). The van der Waals surface area contributed by atoms with E-state index < -0.39 is 0 Å². The molecular weight excluding hydrogens is 264 g/mol. The number of aromatic nitrogens is 1. The summed E-state index contributed by atoms with van der Waals surface area (Å²) < 4.78 is 1.74. The van der Waals surface area contributed by atoms with E-state index in [1.165, 1.54) is 0 Å². The molecule has 1 aromatic carbocycles. The van der Waals surface area contributed by atoms with Gasteiger partial charge in [0.25, 0.3) is 0 Å². The molecule has 4 nitrogen and oxygen atoms in total. The molecule has 98 valence electrons. The second-order valence-corrected chi connectivity index (χ2v) is 4.43. The zero-order chi connectivity index (χ0) is 13.7. The van der Waals surface area contributed by atoms with E-state index in [0.29, 0.717) is 22.9 Å².